The molecule has 1 saturated heterocycles. The van der Waals surface area contributed by atoms with Gasteiger partial charge < -0.3 is 35.1 Å². The van der Waals surface area contributed by atoms with E-state index >= 15 is 0 Å². The van der Waals surface area contributed by atoms with E-state index in [1.165, 1.54) is 17.7 Å². The molecule has 1 aliphatic heterocycles. The summed E-state index contributed by atoms with van der Waals surface area (Å²) in [4.78, 5) is 29.6. The third-order valence-corrected chi connectivity index (χ3v) is 10.3. The monoisotopic (exact) mass is 612 g/mol. The Bertz CT molecular complexity index is 1330. The van der Waals surface area contributed by atoms with Crippen LogP contribution >= 0.6 is 23.6 Å². The van der Waals surface area contributed by atoms with Crippen LogP contribution in [0.5, 0.6) is 11.5 Å². The van der Waals surface area contributed by atoms with Crippen molar-refractivity contribution in [1.29, 1.82) is 0 Å². The van der Waals surface area contributed by atoms with Crippen molar-refractivity contribution in [1.82, 2.24) is 15.5 Å². The Kier molecular flexibility index (Phi) is 8.88. The second-order valence-electron chi connectivity index (χ2n) is 11.8. The third kappa shape index (κ3) is 6.68. The van der Waals surface area contributed by atoms with Gasteiger partial charge in [0.05, 0.1) is 32.4 Å². The number of nitrogens with zero attached hydrogens (tertiary/aromatic N) is 1. The van der Waals surface area contributed by atoms with E-state index in [0.29, 0.717) is 54.3 Å². The number of fused-ring (bicyclic) bond motifs is 1. The number of ether oxygens (including phenoxy) is 3. The maximum absolute atomic E-state index is 13.5. The summed E-state index contributed by atoms with van der Waals surface area (Å²) in [7, 11) is 3.31. The molecule has 42 heavy (non-hydrogen) atoms. The van der Waals surface area contributed by atoms with Crippen molar-refractivity contribution < 1.29 is 23.8 Å². The van der Waals surface area contributed by atoms with E-state index in [9.17, 15) is 9.59 Å². The van der Waals surface area contributed by atoms with E-state index in [1.807, 2.05) is 18.2 Å². The molecule has 2 saturated carbocycles. The van der Waals surface area contributed by atoms with Crippen LogP contribution in [0.1, 0.15) is 64.9 Å². The van der Waals surface area contributed by atoms with E-state index in [1.54, 1.807) is 25.6 Å². The Morgan fingerprint density at radius 1 is 1.12 bits per heavy atom. The van der Waals surface area contributed by atoms with E-state index < -0.39 is 0 Å². The van der Waals surface area contributed by atoms with Gasteiger partial charge in [-0.3, -0.25) is 9.59 Å². The molecule has 1 aromatic heterocycles. The van der Waals surface area contributed by atoms with E-state index in [-0.39, 0.29) is 29.8 Å². The second kappa shape index (κ2) is 12.8. The fraction of sp³-hybridized carbons (Fsp3) is 0.581. The van der Waals surface area contributed by atoms with Crippen molar-refractivity contribution >= 4 is 45.5 Å². The van der Waals surface area contributed by atoms with Gasteiger partial charge in [0.1, 0.15) is 16.5 Å². The Balaban J connectivity index is 1.19. The molecule has 226 valence electrons. The summed E-state index contributed by atoms with van der Waals surface area (Å²) < 4.78 is 16.8. The highest BCUT2D eigenvalue weighted by Crippen LogP contribution is 2.40. The zero-order chi connectivity index (χ0) is 29.2. The van der Waals surface area contributed by atoms with Crippen molar-refractivity contribution in [2.45, 2.75) is 70.0 Å². The van der Waals surface area contributed by atoms with Crippen molar-refractivity contribution in [3.05, 3.63) is 39.8 Å². The van der Waals surface area contributed by atoms with Gasteiger partial charge in [0.25, 0.3) is 5.91 Å². The zero-order valence-corrected chi connectivity index (χ0v) is 26.0. The number of methoxy groups -OCH3 is 2. The molecule has 0 bridgehead atoms. The molecule has 2 heterocycles. The van der Waals surface area contributed by atoms with E-state index in [2.05, 4.69) is 20.9 Å². The van der Waals surface area contributed by atoms with Crippen LogP contribution in [0.2, 0.25) is 0 Å². The van der Waals surface area contributed by atoms with Crippen LogP contribution < -0.4 is 25.4 Å². The molecule has 0 spiro atoms. The molecular formula is C31H40N4O5S2. The standard InChI is InChI=1S/C31H40N4O5S2/c1-38-23-9-7-20(25(14-23)39-2)16-35(22-11-12-40-17-22)31(41)33-21-8-10-26-24(13-21)27(29(37)32-15-18-3-4-18)30(42-26)34-28(36)19-5-6-19/h7,9,14,18-19,21-22H,3-6,8,10-13,15-17H2,1-2H3,(H,32,37)(H,33,41)(H,34,36)/t21-,22-/m0/s1. The maximum Gasteiger partial charge on any atom is 0.254 e. The predicted molar refractivity (Wildman–Crippen MR) is 167 cm³/mol. The average molecular weight is 613 g/mol. The van der Waals surface area contributed by atoms with Gasteiger partial charge in [0.2, 0.25) is 5.91 Å². The highest BCUT2D eigenvalue weighted by atomic mass is 32.1. The first kappa shape index (κ1) is 29.2. The van der Waals surface area contributed by atoms with Gasteiger partial charge in [0.15, 0.2) is 5.11 Å². The smallest absolute Gasteiger partial charge is 0.254 e. The first-order chi connectivity index (χ1) is 20.4. The summed E-state index contributed by atoms with van der Waals surface area (Å²) in [5, 5.41) is 11.3. The Hall–Kier alpha value is -2.89. The highest BCUT2D eigenvalue weighted by molar-refractivity contribution is 7.80. The molecule has 3 fully saturated rings. The molecule has 0 radical (unpaired) electrons. The Labute approximate surface area is 256 Å². The van der Waals surface area contributed by atoms with Crippen LogP contribution in [0.3, 0.4) is 0 Å². The molecule has 2 atom stereocenters. The van der Waals surface area contributed by atoms with Gasteiger partial charge in [-0.2, -0.15) is 0 Å². The Morgan fingerprint density at radius 3 is 2.64 bits per heavy atom. The summed E-state index contributed by atoms with van der Waals surface area (Å²) in [5.74, 6) is 2.10. The van der Waals surface area contributed by atoms with Crippen molar-refractivity contribution in [3.8, 4) is 11.5 Å². The summed E-state index contributed by atoms with van der Waals surface area (Å²) in [6.07, 6.45) is 7.49. The number of thiocarbonyl (C=S) groups is 1. The fourth-order valence-corrected chi connectivity index (χ4v) is 7.43. The lowest BCUT2D eigenvalue weighted by Crippen LogP contribution is -2.50. The van der Waals surface area contributed by atoms with Gasteiger partial charge in [0, 0.05) is 48.2 Å². The molecule has 4 aliphatic rings. The predicted octanol–water partition coefficient (Wildman–Crippen LogP) is 4.28. The number of thiophene rings is 1. The number of nitrogens with one attached hydrogen (secondary N) is 3. The topological polar surface area (TPSA) is 101 Å². The number of amides is 2. The highest BCUT2D eigenvalue weighted by Gasteiger charge is 2.35. The number of benzene rings is 1. The van der Waals surface area contributed by atoms with Crippen LogP contribution in [0.15, 0.2) is 18.2 Å². The average Bonchev–Trinajstić information content (AvgIpc) is 3.93. The van der Waals surface area contributed by atoms with Crippen LogP contribution in [0, 0.1) is 11.8 Å². The number of hydrogen-bond acceptors (Lipinski definition) is 7. The molecule has 3 aliphatic carbocycles. The van der Waals surface area contributed by atoms with Gasteiger partial charge in [-0.1, -0.05) is 0 Å². The minimum absolute atomic E-state index is 0.0316. The number of carbonyl (C=O) groups is 2. The fourth-order valence-electron chi connectivity index (χ4n) is 5.80. The third-order valence-electron chi connectivity index (χ3n) is 8.69. The summed E-state index contributed by atoms with van der Waals surface area (Å²) in [5.41, 5.74) is 2.70. The van der Waals surface area contributed by atoms with Gasteiger partial charge in [-0.25, -0.2) is 0 Å². The molecule has 1 aromatic carbocycles. The van der Waals surface area contributed by atoms with E-state index in [4.69, 9.17) is 26.4 Å². The molecule has 3 N–H and O–H groups in total. The summed E-state index contributed by atoms with van der Waals surface area (Å²) >= 11 is 7.60. The first-order valence-electron chi connectivity index (χ1n) is 15.0. The van der Waals surface area contributed by atoms with Crippen LogP contribution in [-0.2, 0) is 28.9 Å². The lowest BCUT2D eigenvalue weighted by Gasteiger charge is -2.34. The molecular weight excluding hydrogens is 572 g/mol. The molecule has 9 nitrogen and oxygen atoms in total. The maximum atomic E-state index is 13.5. The van der Waals surface area contributed by atoms with E-state index in [0.717, 1.165) is 54.7 Å². The van der Waals surface area contributed by atoms with Gasteiger partial charge in [-0.05, 0) is 87.2 Å². The first-order valence-corrected chi connectivity index (χ1v) is 16.2. The quantitative estimate of drug-likeness (QED) is 0.324. The minimum Gasteiger partial charge on any atom is -0.497 e. The van der Waals surface area contributed by atoms with Crippen molar-refractivity contribution in [2.75, 3.05) is 39.3 Å². The molecule has 2 aromatic rings. The normalized spacial score (nSPS) is 21.3. The molecule has 2 amide bonds. The number of anilines is 1. The lowest BCUT2D eigenvalue weighted by molar-refractivity contribution is -0.117. The number of carbonyl (C=O) groups excluding carboxylic acids is 2. The molecule has 11 heteroatoms. The number of aryl methyl sites for hydroxylation is 1. The van der Waals surface area contributed by atoms with Crippen LogP contribution in [-0.4, -0.2) is 67.9 Å². The molecule has 0 unspecified atom stereocenters. The minimum atomic E-state index is -0.0787. The molecule has 6 rings (SSSR count). The summed E-state index contributed by atoms with van der Waals surface area (Å²) in [6.45, 7) is 2.60. The second-order valence-corrected chi connectivity index (χ2v) is 13.3. The largest absolute Gasteiger partial charge is 0.497 e. The Morgan fingerprint density at radius 2 is 1.95 bits per heavy atom. The SMILES string of the molecule is COc1ccc(CN(C(=S)N[C@H]2CCc3sc(NC(=O)C4CC4)c(C(=O)NCC4CC4)c3C2)[C@H]2CCOC2)c(OC)c1. The van der Waals surface area contributed by atoms with Gasteiger partial charge in [-0.15, -0.1) is 11.3 Å². The zero-order valence-electron chi connectivity index (χ0n) is 24.3. The number of rotatable bonds is 11. The van der Waals surface area contributed by atoms with Crippen LogP contribution in [0.25, 0.3) is 0 Å². The summed E-state index contributed by atoms with van der Waals surface area (Å²) in [6, 6.07) is 6.08. The van der Waals surface area contributed by atoms with Gasteiger partial charge >= 0.3 is 0 Å². The lowest BCUT2D eigenvalue weighted by atomic mass is 9.91. The van der Waals surface area contributed by atoms with Crippen molar-refractivity contribution in [2.24, 2.45) is 11.8 Å². The number of hydrogen-bond donors (Lipinski definition) is 3. The van der Waals surface area contributed by atoms with Crippen LogP contribution in [0.4, 0.5) is 5.00 Å². The van der Waals surface area contributed by atoms with Crippen molar-refractivity contribution in [3.63, 3.8) is 0 Å².